The Morgan fingerprint density at radius 2 is 1.86 bits per heavy atom. The number of nitrogens with one attached hydrogen (secondary N) is 2. The van der Waals surface area contributed by atoms with Crippen LogP contribution >= 0.6 is 0 Å². The minimum Gasteiger partial charge on any atom is -0.374 e. The molecule has 1 heterocycles. The number of aromatic nitrogens is 3. The molecule has 0 fully saturated rings. The molecular weight excluding hydrogens is 284 g/mol. The van der Waals surface area contributed by atoms with Crippen molar-refractivity contribution in [3.05, 3.63) is 0 Å². The van der Waals surface area contributed by atoms with Gasteiger partial charge in [0.15, 0.2) is 0 Å². The molecule has 4 N–H and O–H groups in total. The topological polar surface area (TPSA) is 101 Å². The van der Waals surface area contributed by atoms with E-state index in [-0.39, 0.29) is 12.6 Å². The van der Waals surface area contributed by atoms with Crippen LogP contribution in [0, 0.1) is 0 Å². The van der Waals surface area contributed by atoms with Crippen LogP contribution in [0.3, 0.4) is 0 Å². The Hall–Kier alpha value is -1.81. The maximum absolute atomic E-state index is 11.9. The van der Waals surface area contributed by atoms with Crippen molar-refractivity contribution in [2.24, 2.45) is 5.84 Å². The van der Waals surface area contributed by atoms with Gasteiger partial charge in [0.25, 0.3) is 6.43 Å². The van der Waals surface area contributed by atoms with E-state index >= 15 is 0 Å². The summed E-state index contributed by atoms with van der Waals surface area (Å²) >= 11 is 0. The van der Waals surface area contributed by atoms with Crippen molar-refractivity contribution in [2.75, 3.05) is 48.5 Å². The Balaban J connectivity index is 2.62. The molecule has 8 nitrogen and oxygen atoms in total. The number of nitrogens with zero attached hydrogens (tertiary/aromatic N) is 4. The molecule has 0 aliphatic rings. The highest BCUT2D eigenvalue weighted by Crippen LogP contribution is 2.12. The van der Waals surface area contributed by atoms with Crippen molar-refractivity contribution >= 4 is 17.8 Å². The quantitative estimate of drug-likeness (QED) is 0.330. The molecule has 0 aliphatic carbocycles. The monoisotopic (exact) mass is 305 g/mol. The summed E-state index contributed by atoms with van der Waals surface area (Å²) in [5, 5.41) is 2.88. The van der Waals surface area contributed by atoms with E-state index in [2.05, 4.69) is 25.7 Å². The molecular formula is C11H21F2N7O. The summed E-state index contributed by atoms with van der Waals surface area (Å²) in [5.74, 6) is 6.34. The Bertz CT molecular complexity index is 418. The highest BCUT2D eigenvalue weighted by molar-refractivity contribution is 5.43. The van der Waals surface area contributed by atoms with Gasteiger partial charge in [-0.2, -0.15) is 15.0 Å². The lowest BCUT2D eigenvalue weighted by atomic mass is 10.5. The maximum Gasteiger partial charge on any atom is 0.261 e. The molecule has 0 bridgehead atoms. The van der Waals surface area contributed by atoms with Crippen molar-refractivity contribution in [3.63, 3.8) is 0 Å². The van der Waals surface area contributed by atoms with Crippen molar-refractivity contribution in [1.29, 1.82) is 0 Å². The number of hydrazine groups is 1. The summed E-state index contributed by atoms with van der Waals surface area (Å²) in [5.41, 5.74) is 2.37. The van der Waals surface area contributed by atoms with Crippen LogP contribution in [0.4, 0.5) is 26.6 Å². The van der Waals surface area contributed by atoms with Crippen LogP contribution in [0.5, 0.6) is 0 Å². The molecule has 0 radical (unpaired) electrons. The van der Waals surface area contributed by atoms with Crippen LogP contribution in [-0.4, -0.2) is 54.2 Å². The largest absolute Gasteiger partial charge is 0.374 e. The molecule has 10 heteroatoms. The van der Waals surface area contributed by atoms with Gasteiger partial charge in [-0.1, -0.05) is 0 Å². The number of hydrogen-bond acceptors (Lipinski definition) is 8. The van der Waals surface area contributed by atoms with Crippen molar-refractivity contribution in [1.82, 2.24) is 15.0 Å². The number of halogens is 2. The molecule has 0 spiro atoms. The second-order valence-electron chi connectivity index (χ2n) is 3.99. The summed E-state index contributed by atoms with van der Waals surface area (Å²) in [7, 11) is 0. The van der Waals surface area contributed by atoms with Gasteiger partial charge in [0, 0.05) is 19.6 Å². The van der Waals surface area contributed by atoms with Gasteiger partial charge in [-0.15, -0.1) is 0 Å². The van der Waals surface area contributed by atoms with Gasteiger partial charge in [-0.05, 0) is 13.8 Å². The second kappa shape index (κ2) is 9.19. The van der Waals surface area contributed by atoms with E-state index in [4.69, 9.17) is 10.6 Å². The lowest BCUT2D eigenvalue weighted by Crippen LogP contribution is -2.26. The molecule has 0 unspecified atom stereocenters. The number of alkyl halides is 2. The molecule has 21 heavy (non-hydrogen) atoms. The third kappa shape index (κ3) is 6.00. The number of anilines is 3. The van der Waals surface area contributed by atoms with Crippen LogP contribution in [-0.2, 0) is 4.74 Å². The summed E-state index contributed by atoms with van der Waals surface area (Å²) in [6.07, 6.45) is -2.47. The molecule has 1 aromatic rings. The Kier molecular flexibility index (Phi) is 7.54. The molecule has 0 atom stereocenters. The molecule has 0 amide bonds. The fourth-order valence-corrected chi connectivity index (χ4v) is 1.56. The lowest BCUT2D eigenvalue weighted by molar-refractivity contribution is 0.0214. The number of nitrogen functional groups attached to an aromatic ring is 1. The van der Waals surface area contributed by atoms with Crippen molar-refractivity contribution in [3.8, 4) is 0 Å². The Labute approximate surface area is 122 Å². The van der Waals surface area contributed by atoms with E-state index < -0.39 is 13.0 Å². The molecule has 0 aliphatic heterocycles. The van der Waals surface area contributed by atoms with Gasteiger partial charge in [-0.25, -0.2) is 14.6 Å². The number of hydrogen-bond donors (Lipinski definition) is 3. The number of ether oxygens (including phenoxy) is 1. The standard InChI is InChI=1S/C11H21F2N7O/c1-3-20(4-2)11-17-9(16-10(18-11)19-14)15-5-6-21-7-8(12)13/h8H,3-7,14H2,1-2H3,(H2,15,16,17,18,19). The molecule has 120 valence electrons. The van der Waals surface area contributed by atoms with Gasteiger partial charge in [0.05, 0.1) is 6.61 Å². The normalized spacial score (nSPS) is 10.8. The molecule has 1 aromatic heterocycles. The first-order valence-corrected chi connectivity index (χ1v) is 6.68. The Morgan fingerprint density at radius 1 is 1.19 bits per heavy atom. The van der Waals surface area contributed by atoms with E-state index in [0.29, 0.717) is 18.4 Å². The third-order valence-electron chi connectivity index (χ3n) is 2.57. The van der Waals surface area contributed by atoms with Crippen LogP contribution in [0.1, 0.15) is 13.8 Å². The van der Waals surface area contributed by atoms with Crippen LogP contribution in [0.15, 0.2) is 0 Å². The third-order valence-corrected chi connectivity index (χ3v) is 2.57. The first-order valence-electron chi connectivity index (χ1n) is 6.68. The highest BCUT2D eigenvalue weighted by Gasteiger charge is 2.10. The van der Waals surface area contributed by atoms with Crippen molar-refractivity contribution < 1.29 is 13.5 Å². The predicted molar refractivity (Wildman–Crippen MR) is 76.5 cm³/mol. The number of nitrogens with two attached hydrogens (primary N) is 1. The average molecular weight is 305 g/mol. The molecule has 0 saturated carbocycles. The first-order chi connectivity index (χ1) is 10.1. The number of rotatable bonds is 10. The summed E-state index contributed by atoms with van der Waals surface area (Å²) in [6, 6.07) is 0. The minimum absolute atomic E-state index is 0.127. The van der Waals surface area contributed by atoms with E-state index in [1.807, 2.05) is 18.7 Å². The van der Waals surface area contributed by atoms with Gasteiger partial charge < -0.3 is 15.0 Å². The lowest BCUT2D eigenvalue weighted by Gasteiger charge is -2.19. The van der Waals surface area contributed by atoms with Gasteiger partial charge >= 0.3 is 0 Å². The summed E-state index contributed by atoms with van der Waals surface area (Å²) in [4.78, 5) is 14.4. The van der Waals surface area contributed by atoms with E-state index in [1.165, 1.54) is 0 Å². The van der Waals surface area contributed by atoms with Gasteiger partial charge in [0.2, 0.25) is 17.8 Å². The molecule has 1 rings (SSSR count). The minimum atomic E-state index is -2.47. The van der Waals surface area contributed by atoms with Gasteiger partial charge in [0.1, 0.15) is 6.61 Å². The van der Waals surface area contributed by atoms with Crippen LogP contribution < -0.4 is 21.5 Å². The molecule has 0 aromatic carbocycles. The van der Waals surface area contributed by atoms with Gasteiger partial charge in [-0.3, -0.25) is 5.43 Å². The summed E-state index contributed by atoms with van der Waals surface area (Å²) < 4.78 is 28.6. The smallest absolute Gasteiger partial charge is 0.261 e. The zero-order chi connectivity index (χ0) is 15.7. The second-order valence-corrected chi connectivity index (χ2v) is 3.99. The predicted octanol–water partition coefficient (Wildman–Crippen LogP) is 0.697. The van der Waals surface area contributed by atoms with Crippen LogP contribution in [0.2, 0.25) is 0 Å². The zero-order valence-electron chi connectivity index (χ0n) is 12.1. The van der Waals surface area contributed by atoms with Crippen molar-refractivity contribution in [2.45, 2.75) is 20.3 Å². The van der Waals surface area contributed by atoms with E-state index in [0.717, 1.165) is 13.1 Å². The Morgan fingerprint density at radius 3 is 2.43 bits per heavy atom. The SMILES string of the molecule is CCN(CC)c1nc(NN)nc(NCCOCC(F)F)n1. The maximum atomic E-state index is 11.9. The average Bonchev–Trinajstić information content (AvgIpc) is 2.47. The fourth-order valence-electron chi connectivity index (χ4n) is 1.56. The van der Waals surface area contributed by atoms with Crippen LogP contribution in [0.25, 0.3) is 0 Å². The molecule has 0 saturated heterocycles. The van der Waals surface area contributed by atoms with E-state index in [9.17, 15) is 8.78 Å². The van der Waals surface area contributed by atoms with E-state index in [1.54, 1.807) is 0 Å². The highest BCUT2D eigenvalue weighted by atomic mass is 19.3. The first kappa shape index (κ1) is 17.2. The summed E-state index contributed by atoms with van der Waals surface area (Å²) in [6.45, 7) is 5.28. The fraction of sp³-hybridized carbons (Fsp3) is 0.727. The zero-order valence-corrected chi connectivity index (χ0v) is 12.1.